The minimum Gasteiger partial charge on any atom is -0.490 e. The first-order valence-electron chi connectivity index (χ1n) is 6.26. The van der Waals surface area contributed by atoms with Gasteiger partial charge in [0.1, 0.15) is 22.9 Å². The second-order valence-corrected chi connectivity index (χ2v) is 5.74. The van der Waals surface area contributed by atoms with E-state index >= 15 is 0 Å². The van der Waals surface area contributed by atoms with Gasteiger partial charge in [-0.3, -0.25) is 0 Å². The number of nitrogens with two attached hydrogens (primary N) is 1. The molecule has 1 heterocycles. The maximum absolute atomic E-state index is 6.03. The Morgan fingerprint density at radius 2 is 2.05 bits per heavy atom. The van der Waals surface area contributed by atoms with E-state index in [1.165, 1.54) is 0 Å². The summed E-state index contributed by atoms with van der Waals surface area (Å²) in [5.41, 5.74) is 7.37. The van der Waals surface area contributed by atoms with Crippen molar-refractivity contribution in [2.75, 3.05) is 13.2 Å². The van der Waals surface area contributed by atoms with Crippen LogP contribution in [-0.4, -0.2) is 18.1 Å². The van der Waals surface area contributed by atoms with Crippen LogP contribution in [0.25, 0.3) is 20.8 Å². The lowest BCUT2D eigenvalue weighted by molar-refractivity contribution is 0.331. The van der Waals surface area contributed by atoms with Crippen LogP contribution in [0.3, 0.4) is 0 Å². The number of aromatic nitrogens is 1. The van der Waals surface area contributed by atoms with Crippen molar-refractivity contribution in [3.63, 3.8) is 0 Å². The zero-order valence-corrected chi connectivity index (χ0v) is 12.2. The van der Waals surface area contributed by atoms with Crippen LogP contribution in [0.5, 0.6) is 5.75 Å². The van der Waals surface area contributed by atoms with Gasteiger partial charge in [0, 0.05) is 17.1 Å². The third-order valence-electron chi connectivity index (χ3n) is 2.83. The molecule has 0 aliphatic carbocycles. The van der Waals surface area contributed by atoms with Crippen LogP contribution >= 0.6 is 22.9 Å². The molecular formula is C15H13ClN2OS. The first-order valence-corrected chi connectivity index (χ1v) is 7.46. The summed E-state index contributed by atoms with van der Waals surface area (Å²) in [6.45, 7) is 0.977. The summed E-state index contributed by atoms with van der Waals surface area (Å²) in [7, 11) is 0. The number of benzene rings is 2. The zero-order chi connectivity index (χ0) is 13.9. The van der Waals surface area contributed by atoms with E-state index < -0.39 is 0 Å². The van der Waals surface area contributed by atoms with Crippen LogP contribution in [0.2, 0.25) is 5.02 Å². The molecule has 0 spiro atoms. The molecule has 0 saturated heterocycles. The van der Waals surface area contributed by atoms with Crippen LogP contribution in [0, 0.1) is 0 Å². The lowest BCUT2D eigenvalue weighted by Crippen LogP contribution is -2.10. The number of halogens is 1. The van der Waals surface area contributed by atoms with Crippen molar-refractivity contribution in [3.05, 3.63) is 47.5 Å². The summed E-state index contributed by atoms with van der Waals surface area (Å²) < 4.78 is 6.73. The highest BCUT2D eigenvalue weighted by Crippen LogP contribution is 2.35. The molecule has 5 heteroatoms. The molecule has 2 aromatic carbocycles. The van der Waals surface area contributed by atoms with Crippen LogP contribution in [-0.2, 0) is 0 Å². The Kier molecular flexibility index (Phi) is 3.87. The van der Waals surface area contributed by atoms with Crippen molar-refractivity contribution in [2.24, 2.45) is 5.73 Å². The second kappa shape index (κ2) is 5.79. The van der Waals surface area contributed by atoms with Gasteiger partial charge < -0.3 is 10.5 Å². The molecule has 0 saturated carbocycles. The number of ether oxygens (including phenoxy) is 1. The number of hydrogen-bond acceptors (Lipinski definition) is 4. The number of hydrogen-bond donors (Lipinski definition) is 1. The molecule has 2 N–H and O–H groups in total. The van der Waals surface area contributed by atoms with Gasteiger partial charge in [-0.2, -0.15) is 0 Å². The van der Waals surface area contributed by atoms with Gasteiger partial charge in [-0.25, -0.2) is 4.98 Å². The molecule has 0 aliphatic rings. The topological polar surface area (TPSA) is 48.1 Å². The van der Waals surface area contributed by atoms with Gasteiger partial charge in [-0.15, -0.1) is 11.3 Å². The Balaban J connectivity index is 2.06. The third kappa shape index (κ3) is 2.63. The third-order valence-corrected chi connectivity index (χ3v) is 4.13. The van der Waals surface area contributed by atoms with E-state index in [1.807, 2.05) is 42.5 Å². The molecular weight excluding hydrogens is 292 g/mol. The normalized spacial score (nSPS) is 10.9. The molecule has 0 bridgehead atoms. The fraction of sp³-hybridized carbons (Fsp3) is 0.133. The Bertz CT molecular complexity index is 742. The molecule has 3 aromatic rings. The highest BCUT2D eigenvalue weighted by Gasteiger charge is 2.10. The van der Waals surface area contributed by atoms with Crippen molar-refractivity contribution in [1.29, 1.82) is 0 Å². The standard InChI is InChI=1S/C15H13ClN2OS/c16-11-4-1-3-10(9-11)15-18-14-12(19-8-7-17)5-2-6-13(14)20-15/h1-6,9H,7-8,17H2. The van der Waals surface area contributed by atoms with E-state index in [0.29, 0.717) is 18.2 Å². The first kappa shape index (κ1) is 13.4. The molecule has 3 rings (SSSR count). The van der Waals surface area contributed by atoms with E-state index in [-0.39, 0.29) is 0 Å². The SMILES string of the molecule is NCCOc1cccc2sc(-c3cccc(Cl)c3)nc12. The molecule has 102 valence electrons. The minimum absolute atomic E-state index is 0.488. The highest BCUT2D eigenvalue weighted by atomic mass is 35.5. The van der Waals surface area contributed by atoms with Gasteiger partial charge >= 0.3 is 0 Å². The van der Waals surface area contributed by atoms with Gasteiger partial charge in [-0.05, 0) is 24.3 Å². The number of rotatable bonds is 4. The molecule has 0 amide bonds. The van der Waals surface area contributed by atoms with Crippen LogP contribution in [0.1, 0.15) is 0 Å². The van der Waals surface area contributed by atoms with Crippen LogP contribution in [0.15, 0.2) is 42.5 Å². The largest absolute Gasteiger partial charge is 0.490 e. The first-order chi connectivity index (χ1) is 9.78. The fourth-order valence-corrected chi connectivity index (χ4v) is 3.12. The van der Waals surface area contributed by atoms with Crippen molar-refractivity contribution in [2.45, 2.75) is 0 Å². The lowest BCUT2D eigenvalue weighted by atomic mass is 10.2. The Morgan fingerprint density at radius 3 is 2.85 bits per heavy atom. The summed E-state index contributed by atoms with van der Waals surface area (Å²) in [4.78, 5) is 4.67. The number of para-hydroxylation sites is 1. The van der Waals surface area contributed by atoms with Crippen molar-refractivity contribution in [3.8, 4) is 16.3 Å². The average Bonchev–Trinajstić information content (AvgIpc) is 2.89. The van der Waals surface area contributed by atoms with E-state index in [9.17, 15) is 0 Å². The molecule has 1 aromatic heterocycles. The fourth-order valence-electron chi connectivity index (χ4n) is 1.95. The highest BCUT2D eigenvalue weighted by molar-refractivity contribution is 7.21. The molecule has 0 fully saturated rings. The summed E-state index contributed by atoms with van der Waals surface area (Å²) in [6.07, 6.45) is 0. The molecule has 0 unspecified atom stereocenters. The summed E-state index contributed by atoms with van der Waals surface area (Å²) in [6, 6.07) is 13.6. The van der Waals surface area contributed by atoms with Crippen LogP contribution in [0.4, 0.5) is 0 Å². The second-order valence-electron chi connectivity index (χ2n) is 4.27. The van der Waals surface area contributed by atoms with Gasteiger partial charge in [0.2, 0.25) is 0 Å². The molecule has 3 nitrogen and oxygen atoms in total. The van der Waals surface area contributed by atoms with E-state index in [4.69, 9.17) is 22.1 Å². The molecule has 0 aliphatic heterocycles. The summed E-state index contributed by atoms with van der Waals surface area (Å²) in [5.74, 6) is 0.775. The summed E-state index contributed by atoms with van der Waals surface area (Å²) in [5, 5.41) is 1.65. The van der Waals surface area contributed by atoms with Gasteiger partial charge in [0.05, 0.1) is 4.70 Å². The monoisotopic (exact) mass is 304 g/mol. The van der Waals surface area contributed by atoms with Crippen molar-refractivity contribution in [1.82, 2.24) is 4.98 Å². The minimum atomic E-state index is 0.488. The predicted molar refractivity (Wildman–Crippen MR) is 84.6 cm³/mol. The van der Waals surface area contributed by atoms with Gasteiger partial charge in [0.25, 0.3) is 0 Å². The maximum Gasteiger partial charge on any atom is 0.146 e. The maximum atomic E-state index is 6.03. The van der Waals surface area contributed by atoms with Crippen molar-refractivity contribution < 1.29 is 4.74 Å². The molecule has 20 heavy (non-hydrogen) atoms. The smallest absolute Gasteiger partial charge is 0.146 e. The van der Waals surface area contributed by atoms with Crippen molar-refractivity contribution >= 4 is 33.2 Å². The Hall–Kier alpha value is -1.62. The quantitative estimate of drug-likeness (QED) is 0.794. The van der Waals surface area contributed by atoms with E-state index in [2.05, 4.69) is 4.98 Å². The Morgan fingerprint density at radius 1 is 1.20 bits per heavy atom. The number of thiazole rings is 1. The molecule has 0 atom stereocenters. The van der Waals surface area contributed by atoms with Gasteiger partial charge in [-0.1, -0.05) is 29.8 Å². The molecule has 0 radical (unpaired) electrons. The summed E-state index contributed by atoms with van der Waals surface area (Å²) >= 11 is 7.66. The Labute approximate surface area is 126 Å². The lowest BCUT2D eigenvalue weighted by Gasteiger charge is -2.03. The van der Waals surface area contributed by atoms with Gasteiger partial charge in [0.15, 0.2) is 0 Å². The van der Waals surface area contributed by atoms with E-state index in [0.717, 1.165) is 26.5 Å². The van der Waals surface area contributed by atoms with E-state index in [1.54, 1.807) is 11.3 Å². The predicted octanol–water partition coefficient (Wildman–Crippen LogP) is 3.95. The number of nitrogens with zero attached hydrogens (tertiary/aromatic N) is 1. The zero-order valence-electron chi connectivity index (χ0n) is 10.7. The van der Waals surface area contributed by atoms with Crippen LogP contribution < -0.4 is 10.5 Å². The average molecular weight is 305 g/mol. The number of fused-ring (bicyclic) bond motifs is 1.